The number of aryl methyl sites for hydroxylation is 1. The Morgan fingerprint density at radius 1 is 0.968 bits per heavy atom. The summed E-state index contributed by atoms with van der Waals surface area (Å²) in [5, 5.41) is 8.73. The Hall–Kier alpha value is -3.48. The van der Waals surface area contributed by atoms with Crippen molar-refractivity contribution in [2.45, 2.75) is 26.4 Å². The molecule has 1 fully saturated rings. The lowest BCUT2D eigenvalue weighted by Gasteiger charge is -2.36. The molecule has 0 bridgehead atoms. The number of anilines is 1. The van der Waals surface area contributed by atoms with Crippen molar-refractivity contribution in [1.29, 1.82) is 0 Å². The van der Waals surface area contributed by atoms with E-state index in [1.54, 1.807) is 12.4 Å². The van der Waals surface area contributed by atoms with Crippen molar-refractivity contribution in [3.05, 3.63) is 66.5 Å². The van der Waals surface area contributed by atoms with Crippen LogP contribution < -0.4 is 9.64 Å². The van der Waals surface area contributed by atoms with Crippen LogP contribution >= 0.6 is 0 Å². The molecule has 0 N–H and O–H groups in total. The quantitative estimate of drug-likeness (QED) is 0.613. The van der Waals surface area contributed by atoms with E-state index in [9.17, 15) is 4.79 Å². The first-order valence-electron chi connectivity index (χ1n) is 10.7. The Labute approximate surface area is 182 Å². The summed E-state index contributed by atoms with van der Waals surface area (Å²) in [6, 6.07) is 15.7. The van der Waals surface area contributed by atoms with Gasteiger partial charge in [0.2, 0.25) is 0 Å². The van der Waals surface area contributed by atoms with Crippen molar-refractivity contribution in [1.82, 2.24) is 20.1 Å². The maximum atomic E-state index is 12.8. The third kappa shape index (κ3) is 4.99. The summed E-state index contributed by atoms with van der Waals surface area (Å²) < 4.78 is 5.86. The Bertz CT molecular complexity index is 985. The summed E-state index contributed by atoms with van der Waals surface area (Å²) in [7, 11) is 0. The fourth-order valence-electron chi connectivity index (χ4n) is 3.64. The number of nitrogens with zero attached hydrogens (tertiary/aromatic N) is 5. The number of ether oxygens (including phenoxy) is 1. The molecule has 160 valence electrons. The van der Waals surface area contributed by atoms with E-state index in [2.05, 4.69) is 27.0 Å². The second-order valence-electron chi connectivity index (χ2n) is 7.58. The molecule has 2 aromatic heterocycles. The van der Waals surface area contributed by atoms with Gasteiger partial charge in [0.1, 0.15) is 5.75 Å². The maximum Gasteiger partial charge on any atom is 0.263 e. The van der Waals surface area contributed by atoms with Crippen LogP contribution in [-0.2, 0) is 11.2 Å². The average Bonchev–Trinajstić information content (AvgIpc) is 2.85. The van der Waals surface area contributed by atoms with Gasteiger partial charge in [-0.2, -0.15) is 0 Å². The van der Waals surface area contributed by atoms with Crippen LogP contribution in [0.4, 0.5) is 5.82 Å². The molecular weight excluding hydrogens is 390 g/mol. The molecule has 3 heterocycles. The molecule has 1 saturated heterocycles. The summed E-state index contributed by atoms with van der Waals surface area (Å²) in [5.74, 6) is 1.56. The molecule has 0 radical (unpaired) electrons. The minimum Gasteiger partial charge on any atom is -0.481 e. The minimum absolute atomic E-state index is 0.0123. The van der Waals surface area contributed by atoms with E-state index in [0.717, 1.165) is 29.2 Å². The summed E-state index contributed by atoms with van der Waals surface area (Å²) in [4.78, 5) is 20.9. The largest absolute Gasteiger partial charge is 0.481 e. The molecule has 31 heavy (non-hydrogen) atoms. The molecule has 0 saturated carbocycles. The number of hydrogen-bond acceptors (Lipinski definition) is 6. The van der Waals surface area contributed by atoms with Gasteiger partial charge >= 0.3 is 0 Å². The number of piperazine rings is 1. The number of hydrogen-bond donors (Lipinski definition) is 0. The molecule has 4 rings (SSSR count). The van der Waals surface area contributed by atoms with Gasteiger partial charge in [0, 0.05) is 44.1 Å². The molecule has 0 aliphatic carbocycles. The van der Waals surface area contributed by atoms with E-state index in [-0.39, 0.29) is 5.91 Å². The molecule has 3 aromatic rings. The topological polar surface area (TPSA) is 71.5 Å². The van der Waals surface area contributed by atoms with Gasteiger partial charge in [-0.3, -0.25) is 9.78 Å². The second kappa shape index (κ2) is 9.55. The lowest BCUT2D eigenvalue weighted by Crippen LogP contribution is -2.52. The zero-order valence-corrected chi connectivity index (χ0v) is 17.9. The highest BCUT2D eigenvalue weighted by atomic mass is 16.5. The maximum absolute atomic E-state index is 12.8. The van der Waals surface area contributed by atoms with Crippen LogP contribution in [-0.4, -0.2) is 58.3 Å². The van der Waals surface area contributed by atoms with Gasteiger partial charge in [-0.05, 0) is 55.3 Å². The van der Waals surface area contributed by atoms with Crippen LogP contribution in [0.1, 0.15) is 19.4 Å². The van der Waals surface area contributed by atoms with Crippen LogP contribution in [0.25, 0.3) is 11.3 Å². The van der Waals surface area contributed by atoms with Crippen molar-refractivity contribution >= 4 is 11.7 Å². The number of aromatic nitrogens is 3. The van der Waals surface area contributed by atoms with Crippen molar-refractivity contribution in [2.24, 2.45) is 0 Å². The van der Waals surface area contributed by atoms with Gasteiger partial charge < -0.3 is 14.5 Å². The van der Waals surface area contributed by atoms with Crippen molar-refractivity contribution in [3.63, 3.8) is 0 Å². The van der Waals surface area contributed by atoms with Gasteiger partial charge in [-0.25, -0.2) is 0 Å². The monoisotopic (exact) mass is 417 g/mol. The van der Waals surface area contributed by atoms with Gasteiger partial charge in [0.25, 0.3) is 5.91 Å². The normalized spacial score (nSPS) is 14.9. The van der Waals surface area contributed by atoms with E-state index < -0.39 is 6.10 Å². The Kier molecular flexibility index (Phi) is 6.40. The Morgan fingerprint density at radius 2 is 1.68 bits per heavy atom. The number of rotatable bonds is 6. The highest BCUT2D eigenvalue weighted by Crippen LogP contribution is 2.20. The number of amides is 1. The molecule has 0 spiro atoms. The SMILES string of the molecule is CCc1ccc(OC(C)C(=O)N2CCN(c3ccc(-c4ccncc4)nn3)CC2)cc1. The first-order chi connectivity index (χ1) is 15.1. The predicted octanol–water partition coefficient (Wildman–Crippen LogP) is 3.22. The van der Waals surface area contributed by atoms with E-state index in [1.807, 2.05) is 60.4 Å². The van der Waals surface area contributed by atoms with Crippen molar-refractivity contribution in [2.75, 3.05) is 31.1 Å². The van der Waals surface area contributed by atoms with Gasteiger partial charge in [0.05, 0.1) is 5.69 Å². The Balaban J connectivity index is 1.31. The fraction of sp³-hybridized carbons (Fsp3) is 0.333. The zero-order chi connectivity index (χ0) is 21.6. The molecule has 1 amide bonds. The van der Waals surface area contributed by atoms with Crippen LogP contribution in [0.5, 0.6) is 5.75 Å². The molecule has 7 heteroatoms. The third-order valence-electron chi connectivity index (χ3n) is 5.53. The Morgan fingerprint density at radius 3 is 2.29 bits per heavy atom. The highest BCUT2D eigenvalue weighted by Gasteiger charge is 2.26. The first-order valence-corrected chi connectivity index (χ1v) is 10.7. The average molecular weight is 418 g/mol. The van der Waals surface area contributed by atoms with E-state index in [0.29, 0.717) is 26.2 Å². The van der Waals surface area contributed by atoms with Crippen LogP contribution in [0.3, 0.4) is 0 Å². The van der Waals surface area contributed by atoms with E-state index in [4.69, 9.17) is 4.74 Å². The molecular formula is C24H27N5O2. The smallest absolute Gasteiger partial charge is 0.263 e. The number of carbonyl (C=O) groups is 1. The number of benzene rings is 1. The standard InChI is InChI=1S/C24H27N5O2/c1-3-19-4-6-21(7-5-19)31-18(2)24(30)29-16-14-28(15-17-29)23-9-8-22(26-27-23)20-10-12-25-13-11-20/h4-13,18H,3,14-17H2,1-2H3. The van der Waals surface area contributed by atoms with Crippen LogP contribution in [0.15, 0.2) is 60.9 Å². The lowest BCUT2D eigenvalue weighted by atomic mass is 10.2. The van der Waals surface area contributed by atoms with Crippen LogP contribution in [0, 0.1) is 0 Å². The summed E-state index contributed by atoms with van der Waals surface area (Å²) in [6.45, 7) is 6.62. The lowest BCUT2D eigenvalue weighted by molar-refractivity contribution is -0.138. The third-order valence-corrected chi connectivity index (χ3v) is 5.53. The molecule has 1 aromatic carbocycles. The number of carbonyl (C=O) groups excluding carboxylic acids is 1. The van der Waals surface area contributed by atoms with Gasteiger partial charge in [-0.15, -0.1) is 10.2 Å². The minimum atomic E-state index is -0.515. The van der Waals surface area contributed by atoms with Crippen molar-refractivity contribution < 1.29 is 9.53 Å². The summed E-state index contributed by atoms with van der Waals surface area (Å²) in [5.41, 5.74) is 3.06. The summed E-state index contributed by atoms with van der Waals surface area (Å²) in [6.07, 6.45) is 3.95. The van der Waals surface area contributed by atoms with Gasteiger partial charge in [-0.1, -0.05) is 19.1 Å². The highest BCUT2D eigenvalue weighted by molar-refractivity contribution is 5.81. The van der Waals surface area contributed by atoms with Crippen molar-refractivity contribution in [3.8, 4) is 17.0 Å². The molecule has 7 nitrogen and oxygen atoms in total. The van der Waals surface area contributed by atoms with Gasteiger partial charge in [0.15, 0.2) is 11.9 Å². The molecule has 1 unspecified atom stereocenters. The predicted molar refractivity (Wildman–Crippen MR) is 120 cm³/mol. The molecule has 1 aliphatic heterocycles. The van der Waals surface area contributed by atoms with Crippen LogP contribution in [0.2, 0.25) is 0 Å². The number of pyridine rings is 1. The summed E-state index contributed by atoms with van der Waals surface area (Å²) >= 11 is 0. The fourth-order valence-corrected chi connectivity index (χ4v) is 3.64. The van der Waals surface area contributed by atoms with E-state index >= 15 is 0 Å². The first kappa shape index (κ1) is 20.8. The molecule has 1 aliphatic rings. The zero-order valence-electron chi connectivity index (χ0n) is 17.9. The molecule has 1 atom stereocenters. The second-order valence-corrected chi connectivity index (χ2v) is 7.58. The van der Waals surface area contributed by atoms with E-state index in [1.165, 1.54) is 5.56 Å².